The number of ether oxygens (including phenoxy) is 2. The van der Waals surface area contributed by atoms with E-state index in [0.29, 0.717) is 17.5 Å². The molecule has 29 heavy (non-hydrogen) atoms. The zero-order valence-electron chi connectivity index (χ0n) is 15.8. The van der Waals surface area contributed by atoms with Crippen molar-refractivity contribution < 1.29 is 14.3 Å². The molecule has 0 fully saturated rings. The summed E-state index contributed by atoms with van der Waals surface area (Å²) < 4.78 is 11.1. The first-order chi connectivity index (χ1) is 14.1. The SMILES string of the molecule is Cc1ccccc1C1=N/C(=C\c2ccc(OCc3cccc(Cl)c3)cc2)C(=O)O1. The summed E-state index contributed by atoms with van der Waals surface area (Å²) in [6.45, 7) is 2.38. The smallest absolute Gasteiger partial charge is 0.363 e. The second kappa shape index (κ2) is 8.33. The topological polar surface area (TPSA) is 47.9 Å². The number of rotatable bonds is 5. The molecule has 144 valence electrons. The summed E-state index contributed by atoms with van der Waals surface area (Å²) in [5, 5.41) is 0.683. The Kier molecular flexibility index (Phi) is 5.45. The molecule has 4 nitrogen and oxygen atoms in total. The van der Waals surface area contributed by atoms with Crippen LogP contribution in [0.4, 0.5) is 0 Å². The van der Waals surface area contributed by atoms with Crippen molar-refractivity contribution in [1.82, 2.24) is 0 Å². The summed E-state index contributed by atoms with van der Waals surface area (Å²) in [5.41, 5.74) is 3.92. The lowest BCUT2D eigenvalue weighted by molar-refractivity contribution is -0.129. The molecule has 0 atom stereocenters. The summed E-state index contributed by atoms with van der Waals surface area (Å²) in [6, 6.07) is 22.7. The average molecular weight is 404 g/mol. The number of hydrogen-bond acceptors (Lipinski definition) is 4. The Morgan fingerprint density at radius 2 is 1.83 bits per heavy atom. The second-order valence-electron chi connectivity index (χ2n) is 6.64. The van der Waals surface area contributed by atoms with Crippen molar-refractivity contribution in [3.63, 3.8) is 0 Å². The molecular weight excluding hydrogens is 386 g/mol. The van der Waals surface area contributed by atoms with Crippen molar-refractivity contribution in [1.29, 1.82) is 0 Å². The number of carbonyl (C=O) groups excluding carboxylic acids is 1. The van der Waals surface area contributed by atoms with E-state index in [9.17, 15) is 4.79 Å². The predicted octanol–water partition coefficient (Wildman–Crippen LogP) is 5.57. The summed E-state index contributed by atoms with van der Waals surface area (Å²) >= 11 is 5.99. The monoisotopic (exact) mass is 403 g/mol. The van der Waals surface area contributed by atoms with Gasteiger partial charge in [0, 0.05) is 10.6 Å². The molecule has 4 rings (SSSR count). The van der Waals surface area contributed by atoms with Crippen LogP contribution in [-0.2, 0) is 16.1 Å². The quantitative estimate of drug-likeness (QED) is 0.413. The van der Waals surface area contributed by atoms with Gasteiger partial charge in [-0.2, -0.15) is 0 Å². The highest BCUT2D eigenvalue weighted by Crippen LogP contribution is 2.22. The Bertz CT molecular complexity index is 1120. The highest BCUT2D eigenvalue weighted by Gasteiger charge is 2.24. The van der Waals surface area contributed by atoms with E-state index < -0.39 is 5.97 Å². The Hall–Kier alpha value is -3.37. The molecule has 5 heteroatoms. The van der Waals surface area contributed by atoms with E-state index in [0.717, 1.165) is 28.0 Å². The number of cyclic esters (lactones) is 1. The van der Waals surface area contributed by atoms with Crippen LogP contribution in [0.5, 0.6) is 5.75 Å². The van der Waals surface area contributed by atoms with E-state index in [-0.39, 0.29) is 5.70 Å². The van der Waals surface area contributed by atoms with Crippen LogP contribution in [0.15, 0.2) is 83.5 Å². The fourth-order valence-electron chi connectivity index (χ4n) is 2.95. The number of hydrogen-bond donors (Lipinski definition) is 0. The van der Waals surface area contributed by atoms with Crippen LogP contribution in [0.2, 0.25) is 5.02 Å². The lowest BCUT2D eigenvalue weighted by Crippen LogP contribution is -2.06. The molecule has 0 saturated heterocycles. The molecule has 0 radical (unpaired) electrons. The average Bonchev–Trinajstić information content (AvgIpc) is 3.08. The van der Waals surface area contributed by atoms with Crippen molar-refractivity contribution >= 4 is 29.5 Å². The van der Waals surface area contributed by atoms with Crippen LogP contribution in [0.25, 0.3) is 6.08 Å². The summed E-state index contributed by atoms with van der Waals surface area (Å²) in [6.07, 6.45) is 1.70. The van der Waals surface area contributed by atoms with Gasteiger partial charge in [0.1, 0.15) is 12.4 Å². The fourth-order valence-corrected chi connectivity index (χ4v) is 3.16. The van der Waals surface area contributed by atoms with Crippen LogP contribution < -0.4 is 4.74 Å². The Labute approximate surface area is 174 Å². The number of aryl methyl sites for hydroxylation is 1. The van der Waals surface area contributed by atoms with Gasteiger partial charge in [0.25, 0.3) is 0 Å². The van der Waals surface area contributed by atoms with Crippen LogP contribution in [-0.4, -0.2) is 11.9 Å². The predicted molar refractivity (Wildman–Crippen MR) is 114 cm³/mol. The second-order valence-corrected chi connectivity index (χ2v) is 7.08. The first-order valence-electron chi connectivity index (χ1n) is 9.14. The number of aliphatic imine (C=N–C) groups is 1. The van der Waals surface area contributed by atoms with E-state index >= 15 is 0 Å². The molecule has 3 aromatic rings. The highest BCUT2D eigenvalue weighted by atomic mass is 35.5. The van der Waals surface area contributed by atoms with Gasteiger partial charge in [-0.1, -0.05) is 54.1 Å². The summed E-state index contributed by atoms with van der Waals surface area (Å²) in [7, 11) is 0. The molecule has 0 unspecified atom stereocenters. The molecule has 0 N–H and O–H groups in total. The minimum absolute atomic E-state index is 0.274. The Morgan fingerprint density at radius 3 is 2.59 bits per heavy atom. The molecule has 0 bridgehead atoms. The third kappa shape index (κ3) is 4.55. The van der Waals surface area contributed by atoms with Gasteiger partial charge in [-0.25, -0.2) is 9.79 Å². The largest absolute Gasteiger partial charge is 0.489 e. The minimum Gasteiger partial charge on any atom is -0.489 e. The molecule has 1 aliphatic heterocycles. The molecule has 0 aliphatic carbocycles. The third-order valence-electron chi connectivity index (χ3n) is 4.47. The van der Waals surface area contributed by atoms with Crippen LogP contribution in [0.1, 0.15) is 22.3 Å². The van der Waals surface area contributed by atoms with E-state index in [1.54, 1.807) is 6.08 Å². The lowest BCUT2D eigenvalue weighted by Gasteiger charge is -2.07. The van der Waals surface area contributed by atoms with Crippen LogP contribution in [0, 0.1) is 6.92 Å². The van der Waals surface area contributed by atoms with Gasteiger partial charge in [-0.15, -0.1) is 0 Å². The van der Waals surface area contributed by atoms with Gasteiger partial charge < -0.3 is 9.47 Å². The van der Waals surface area contributed by atoms with Gasteiger partial charge in [-0.3, -0.25) is 0 Å². The number of benzene rings is 3. The minimum atomic E-state index is -0.454. The van der Waals surface area contributed by atoms with Crippen molar-refractivity contribution in [3.8, 4) is 5.75 Å². The van der Waals surface area contributed by atoms with Crippen LogP contribution in [0.3, 0.4) is 0 Å². The van der Waals surface area contributed by atoms with E-state index in [1.165, 1.54) is 0 Å². The first-order valence-corrected chi connectivity index (χ1v) is 9.52. The molecule has 0 aromatic heterocycles. The first kappa shape index (κ1) is 19.0. The maximum atomic E-state index is 12.2. The number of esters is 1. The maximum absolute atomic E-state index is 12.2. The van der Waals surface area contributed by atoms with Gasteiger partial charge in [0.05, 0.1) is 0 Å². The summed E-state index contributed by atoms with van der Waals surface area (Å²) in [5.74, 6) is 0.607. The van der Waals surface area contributed by atoms with Gasteiger partial charge in [0.2, 0.25) is 5.90 Å². The third-order valence-corrected chi connectivity index (χ3v) is 4.71. The van der Waals surface area contributed by atoms with Crippen molar-refractivity contribution in [3.05, 3.63) is 106 Å². The van der Waals surface area contributed by atoms with Crippen LogP contribution >= 0.6 is 11.6 Å². The molecule has 0 saturated carbocycles. The zero-order chi connectivity index (χ0) is 20.2. The maximum Gasteiger partial charge on any atom is 0.363 e. The molecule has 0 spiro atoms. The fraction of sp³-hybridized carbons (Fsp3) is 0.0833. The van der Waals surface area contributed by atoms with Gasteiger partial charge in [0.15, 0.2) is 5.70 Å². The normalized spacial score (nSPS) is 14.6. The van der Waals surface area contributed by atoms with Gasteiger partial charge >= 0.3 is 5.97 Å². The number of nitrogens with zero attached hydrogens (tertiary/aromatic N) is 1. The standard InChI is InChI=1S/C24H18ClNO3/c1-16-5-2-3-8-21(16)23-26-22(24(27)29-23)14-17-9-11-20(12-10-17)28-15-18-6-4-7-19(25)13-18/h2-14H,15H2,1H3/b22-14-. The van der Waals surface area contributed by atoms with Crippen molar-refractivity contribution in [2.75, 3.05) is 0 Å². The lowest BCUT2D eigenvalue weighted by atomic mass is 10.1. The van der Waals surface area contributed by atoms with Crippen molar-refractivity contribution in [2.45, 2.75) is 13.5 Å². The molecule has 1 aliphatic rings. The van der Waals surface area contributed by atoms with Crippen molar-refractivity contribution in [2.24, 2.45) is 4.99 Å². The van der Waals surface area contributed by atoms with E-state index in [1.807, 2.05) is 79.7 Å². The van der Waals surface area contributed by atoms with Gasteiger partial charge in [-0.05, 0) is 60.0 Å². The van der Waals surface area contributed by atoms with E-state index in [2.05, 4.69) is 4.99 Å². The zero-order valence-corrected chi connectivity index (χ0v) is 16.5. The molecule has 0 amide bonds. The molecule has 1 heterocycles. The molecule has 3 aromatic carbocycles. The number of halogens is 1. The Balaban J connectivity index is 1.47. The Morgan fingerprint density at radius 1 is 1.03 bits per heavy atom. The number of carbonyl (C=O) groups is 1. The summed E-state index contributed by atoms with van der Waals surface area (Å²) in [4.78, 5) is 16.6. The molecular formula is C24H18ClNO3. The van der Waals surface area contributed by atoms with E-state index in [4.69, 9.17) is 21.1 Å². The highest BCUT2D eigenvalue weighted by molar-refractivity contribution is 6.30.